The molecular weight excluding hydrogens is 460 g/mol. The van der Waals surface area contributed by atoms with Crippen molar-refractivity contribution >= 4 is 27.7 Å². The molecule has 1 saturated heterocycles. The largest absolute Gasteiger partial charge is 0.497 e. The van der Waals surface area contributed by atoms with Gasteiger partial charge < -0.3 is 19.1 Å². The second kappa shape index (κ2) is 11.4. The van der Waals surface area contributed by atoms with Gasteiger partial charge in [-0.05, 0) is 75.4 Å². The first-order valence-corrected chi connectivity index (χ1v) is 13.3. The summed E-state index contributed by atoms with van der Waals surface area (Å²) in [6, 6.07) is 23.1. The number of aryl methyl sites for hydroxylation is 1. The summed E-state index contributed by atoms with van der Waals surface area (Å²) in [5.74, 6) is 1.04. The molecule has 1 aromatic heterocycles. The third-order valence-corrected chi connectivity index (χ3v) is 7.52. The Kier molecular flexibility index (Phi) is 7.77. The van der Waals surface area contributed by atoms with E-state index in [1.807, 2.05) is 23.1 Å². The van der Waals surface area contributed by atoms with Gasteiger partial charge in [-0.25, -0.2) is 0 Å². The van der Waals surface area contributed by atoms with E-state index < -0.39 is 0 Å². The second-order valence-electron chi connectivity index (χ2n) is 10.3. The molecule has 4 aromatic rings. The average Bonchev–Trinajstić information content (AvgIpc) is 3.24. The number of hydrogen-bond acceptors (Lipinski definition) is 4. The first-order valence-electron chi connectivity index (χ1n) is 13.3. The Balaban J connectivity index is 1.26. The number of rotatable bonds is 9. The SMILES string of the molecule is COc1cccc(CCN2CCN(C(=O)c3ccc4c(c3)c3ccccc3n4CCCN(C)C)CC2)c1. The topological polar surface area (TPSA) is 41.0 Å². The van der Waals surface area contributed by atoms with Gasteiger partial charge in [-0.15, -0.1) is 0 Å². The van der Waals surface area contributed by atoms with Gasteiger partial charge in [0, 0.05) is 66.6 Å². The monoisotopic (exact) mass is 498 g/mol. The van der Waals surface area contributed by atoms with Crippen LogP contribution in [0.1, 0.15) is 22.3 Å². The van der Waals surface area contributed by atoms with Crippen molar-refractivity contribution in [3.05, 3.63) is 77.9 Å². The van der Waals surface area contributed by atoms with Crippen molar-refractivity contribution < 1.29 is 9.53 Å². The minimum atomic E-state index is 0.138. The van der Waals surface area contributed by atoms with Crippen LogP contribution in [-0.4, -0.2) is 85.6 Å². The first kappa shape index (κ1) is 25.3. The smallest absolute Gasteiger partial charge is 0.253 e. The van der Waals surface area contributed by atoms with E-state index in [1.165, 1.54) is 27.4 Å². The zero-order valence-corrected chi connectivity index (χ0v) is 22.3. The minimum Gasteiger partial charge on any atom is -0.497 e. The highest BCUT2D eigenvalue weighted by atomic mass is 16.5. The number of fused-ring (bicyclic) bond motifs is 3. The van der Waals surface area contributed by atoms with E-state index >= 15 is 0 Å². The summed E-state index contributed by atoms with van der Waals surface area (Å²) in [6.45, 7) is 6.35. The fraction of sp³-hybridized carbons (Fsp3) is 0.387. The van der Waals surface area contributed by atoms with Gasteiger partial charge in [-0.1, -0.05) is 30.3 Å². The van der Waals surface area contributed by atoms with E-state index in [2.05, 4.69) is 77.0 Å². The Labute approximate surface area is 220 Å². The lowest BCUT2D eigenvalue weighted by Crippen LogP contribution is -2.49. The lowest BCUT2D eigenvalue weighted by atomic mass is 10.1. The molecule has 0 saturated carbocycles. The van der Waals surface area contributed by atoms with Crippen LogP contribution in [0.25, 0.3) is 21.8 Å². The fourth-order valence-corrected chi connectivity index (χ4v) is 5.44. The lowest BCUT2D eigenvalue weighted by molar-refractivity contribution is 0.0638. The Morgan fingerprint density at radius 1 is 0.865 bits per heavy atom. The summed E-state index contributed by atoms with van der Waals surface area (Å²) in [4.78, 5) is 20.2. The number of benzene rings is 3. The number of carbonyl (C=O) groups is 1. The number of carbonyl (C=O) groups excluding carboxylic acids is 1. The molecule has 1 amide bonds. The van der Waals surface area contributed by atoms with E-state index in [9.17, 15) is 4.79 Å². The number of para-hydroxylation sites is 1. The van der Waals surface area contributed by atoms with Gasteiger partial charge in [-0.2, -0.15) is 0 Å². The standard InChI is InChI=1S/C31H38N4O2/c1-32(2)15-7-16-35-29-11-5-4-10-27(29)28-23-25(12-13-30(28)35)31(36)34-20-18-33(19-21-34)17-14-24-8-6-9-26(22-24)37-3/h4-6,8-13,22-23H,7,14-21H2,1-3H3. The molecule has 0 radical (unpaired) electrons. The zero-order valence-electron chi connectivity index (χ0n) is 22.3. The van der Waals surface area contributed by atoms with Gasteiger partial charge in [-0.3, -0.25) is 9.69 Å². The molecule has 0 atom stereocenters. The van der Waals surface area contributed by atoms with E-state index in [0.717, 1.165) is 70.0 Å². The molecule has 6 heteroatoms. The number of nitrogens with zero attached hydrogens (tertiary/aromatic N) is 4. The van der Waals surface area contributed by atoms with Crippen molar-refractivity contribution in [2.24, 2.45) is 0 Å². The maximum absolute atomic E-state index is 13.5. The van der Waals surface area contributed by atoms with E-state index in [1.54, 1.807) is 7.11 Å². The molecule has 0 N–H and O–H groups in total. The molecule has 0 spiro atoms. The van der Waals surface area contributed by atoms with Crippen molar-refractivity contribution in [3.8, 4) is 5.75 Å². The number of hydrogen-bond donors (Lipinski definition) is 0. The molecule has 3 aromatic carbocycles. The van der Waals surface area contributed by atoms with Crippen LogP contribution >= 0.6 is 0 Å². The number of aromatic nitrogens is 1. The number of ether oxygens (including phenoxy) is 1. The third-order valence-electron chi connectivity index (χ3n) is 7.52. The van der Waals surface area contributed by atoms with Crippen LogP contribution in [-0.2, 0) is 13.0 Å². The van der Waals surface area contributed by atoms with E-state index in [-0.39, 0.29) is 5.91 Å². The third kappa shape index (κ3) is 5.65. The Bertz CT molecular complexity index is 1370. The first-order chi connectivity index (χ1) is 18.0. The van der Waals surface area contributed by atoms with Crippen molar-refractivity contribution in [3.63, 3.8) is 0 Å². The zero-order chi connectivity index (χ0) is 25.8. The summed E-state index contributed by atoms with van der Waals surface area (Å²) in [6.07, 6.45) is 2.07. The van der Waals surface area contributed by atoms with Crippen LogP contribution < -0.4 is 4.74 Å². The molecule has 0 unspecified atom stereocenters. The van der Waals surface area contributed by atoms with Gasteiger partial charge >= 0.3 is 0 Å². The number of amides is 1. The quantitative estimate of drug-likeness (QED) is 0.334. The maximum atomic E-state index is 13.5. The van der Waals surface area contributed by atoms with Crippen LogP contribution in [0.4, 0.5) is 0 Å². The van der Waals surface area contributed by atoms with E-state index in [4.69, 9.17) is 4.74 Å². The molecule has 194 valence electrons. The van der Waals surface area contributed by atoms with Crippen molar-refractivity contribution in [1.29, 1.82) is 0 Å². The normalized spacial score (nSPS) is 14.6. The van der Waals surface area contributed by atoms with Crippen LogP contribution in [0.2, 0.25) is 0 Å². The Hall–Kier alpha value is -3.35. The van der Waals surface area contributed by atoms with Gasteiger partial charge in [0.05, 0.1) is 7.11 Å². The van der Waals surface area contributed by atoms with Crippen LogP contribution in [0.3, 0.4) is 0 Å². The predicted molar refractivity (Wildman–Crippen MR) is 152 cm³/mol. The Morgan fingerprint density at radius 2 is 1.65 bits per heavy atom. The minimum absolute atomic E-state index is 0.138. The summed E-state index contributed by atoms with van der Waals surface area (Å²) in [5.41, 5.74) is 4.52. The highest BCUT2D eigenvalue weighted by Crippen LogP contribution is 2.30. The molecule has 6 nitrogen and oxygen atoms in total. The molecule has 2 heterocycles. The molecule has 0 aliphatic carbocycles. The predicted octanol–water partition coefficient (Wildman–Crippen LogP) is 4.76. The highest BCUT2D eigenvalue weighted by molar-refractivity contribution is 6.10. The van der Waals surface area contributed by atoms with Crippen molar-refractivity contribution in [2.75, 3.05) is 60.5 Å². The average molecular weight is 499 g/mol. The van der Waals surface area contributed by atoms with Crippen LogP contribution in [0.15, 0.2) is 66.7 Å². The van der Waals surface area contributed by atoms with Gasteiger partial charge in [0.1, 0.15) is 5.75 Å². The van der Waals surface area contributed by atoms with Gasteiger partial charge in [0.25, 0.3) is 5.91 Å². The second-order valence-corrected chi connectivity index (χ2v) is 10.3. The molecule has 1 aliphatic heterocycles. The Morgan fingerprint density at radius 3 is 2.43 bits per heavy atom. The summed E-state index contributed by atoms with van der Waals surface area (Å²) in [5, 5.41) is 2.39. The summed E-state index contributed by atoms with van der Waals surface area (Å²) >= 11 is 0. The van der Waals surface area contributed by atoms with Crippen molar-refractivity contribution in [2.45, 2.75) is 19.4 Å². The number of methoxy groups -OCH3 is 1. The lowest BCUT2D eigenvalue weighted by Gasteiger charge is -2.34. The fourth-order valence-electron chi connectivity index (χ4n) is 5.44. The molecule has 1 fully saturated rings. The molecule has 5 rings (SSSR count). The maximum Gasteiger partial charge on any atom is 0.253 e. The van der Waals surface area contributed by atoms with Crippen LogP contribution in [0, 0.1) is 0 Å². The van der Waals surface area contributed by atoms with E-state index in [0.29, 0.717) is 0 Å². The molecule has 0 bridgehead atoms. The van der Waals surface area contributed by atoms with Gasteiger partial charge in [0.15, 0.2) is 0 Å². The van der Waals surface area contributed by atoms with Crippen LogP contribution in [0.5, 0.6) is 5.75 Å². The summed E-state index contributed by atoms with van der Waals surface area (Å²) in [7, 11) is 5.94. The highest BCUT2D eigenvalue weighted by Gasteiger charge is 2.23. The number of piperazine rings is 1. The summed E-state index contributed by atoms with van der Waals surface area (Å²) < 4.78 is 7.75. The van der Waals surface area contributed by atoms with Crippen molar-refractivity contribution in [1.82, 2.24) is 19.3 Å². The molecule has 1 aliphatic rings. The van der Waals surface area contributed by atoms with Gasteiger partial charge in [0.2, 0.25) is 0 Å². The molecule has 37 heavy (non-hydrogen) atoms. The molecular formula is C31H38N4O2.